The summed E-state index contributed by atoms with van der Waals surface area (Å²) < 4.78 is 0. The van der Waals surface area contributed by atoms with Crippen LogP contribution in [0.4, 0.5) is 5.69 Å². The molecular formula is C12H16N4O. The first kappa shape index (κ1) is 11.4. The summed E-state index contributed by atoms with van der Waals surface area (Å²) in [6.45, 7) is 3.97. The fourth-order valence-electron chi connectivity index (χ4n) is 1.66. The van der Waals surface area contributed by atoms with Crippen LogP contribution in [-0.4, -0.2) is 22.8 Å². The van der Waals surface area contributed by atoms with Crippen LogP contribution in [0, 0.1) is 0 Å². The third kappa shape index (κ3) is 2.75. The second kappa shape index (κ2) is 4.45. The molecule has 5 nitrogen and oxygen atoms in total. The molecule has 5 heteroatoms. The molecule has 1 aliphatic rings. The summed E-state index contributed by atoms with van der Waals surface area (Å²) in [6, 6.07) is 9.65. The molecule has 0 saturated carbocycles. The molecule has 1 aliphatic heterocycles. The van der Waals surface area contributed by atoms with Crippen molar-refractivity contribution in [3.8, 4) is 0 Å². The molecule has 1 aromatic rings. The quantitative estimate of drug-likeness (QED) is 0.472. The number of carbonyl (C=O) groups is 1. The van der Waals surface area contributed by atoms with Crippen molar-refractivity contribution in [2.24, 2.45) is 5.10 Å². The molecule has 0 aliphatic carbocycles. The van der Waals surface area contributed by atoms with E-state index in [0.29, 0.717) is 6.42 Å². The first-order valence-electron chi connectivity index (χ1n) is 5.51. The van der Waals surface area contributed by atoms with Gasteiger partial charge in [0, 0.05) is 0 Å². The summed E-state index contributed by atoms with van der Waals surface area (Å²) in [6.07, 6.45) is 2.07. The molecule has 90 valence electrons. The van der Waals surface area contributed by atoms with Gasteiger partial charge in [0.2, 0.25) is 5.91 Å². The van der Waals surface area contributed by atoms with Crippen molar-refractivity contribution < 1.29 is 4.79 Å². The lowest BCUT2D eigenvalue weighted by atomic mass is 10.0. The molecule has 2 N–H and O–H groups in total. The average Bonchev–Trinajstić information content (AvgIpc) is 2.53. The largest absolute Gasteiger partial charge is 0.277 e. The monoisotopic (exact) mass is 232 g/mol. The lowest BCUT2D eigenvalue weighted by Crippen LogP contribution is -2.43. The Morgan fingerprint density at radius 3 is 2.71 bits per heavy atom. The van der Waals surface area contributed by atoms with Crippen LogP contribution in [0.2, 0.25) is 0 Å². The maximum absolute atomic E-state index is 11.3. The van der Waals surface area contributed by atoms with Crippen LogP contribution < -0.4 is 10.9 Å². The highest BCUT2D eigenvalue weighted by molar-refractivity contribution is 5.82. The van der Waals surface area contributed by atoms with Crippen molar-refractivity contribution in [1.29, 1.82) is 0 Å². The van der Waals surface area contributed by atoms with E-state index in [4.69, 9.17) is 0 Å². The summed E-state index contributed by atoms with van der Waals surface area (Å²) in [5, 5.41) is 5.80. The first-order valence-corrected chi connectivity index (χ1v) is 5.51. The Morgan fingerprint density at radius 1 is 1.41 bits per heavy atom. The lowest BCUT2D eigenvalue weighted by molar-refractivity contribution is -0.120. The molecule has 1 heterocycles. The van der Waals surface area contributed by atoms with Gasteiger partial charge in [-0.05, 0) is 26.0 Å². The number of amides is 1. The zero-order valence-electron chi connectivity index (χ0n) is 9.97. The third-order valence-corrected chi connectivity index (χ3v) is 2.63. The number of rotatable bonds is 3. The van der Waals surface area contributed by atoms with Gasteiger partial charge in [-0.2, -0.15) is 5.10 Å². The Morgan fingerprint density at radius 2 is 2.12 bits per heavy atom. The predicted octanol–water partition coefficient (Wildman–Crippen LogP) is 1.56. The van der Waals surface area contributed by atoms with Crippen LogP contribution >= 0.6 is 0 Å². The van der Waals surface area contributed by atoms with Crippen molar-refractivity contribution in [2.75, 3.05) is 5.43 Å². The van der Waals surface area contributed by atoms with Crippen LogP contribution in [0.25, 0.3) is 0 Å². The molecule has 2 rings (SSSR count). The summed E-state index contributed by atoms with van der Waals surface area (Å²) in [5.41, 5.74) is 6.31. The van der Waals surface area contributed by atoms with Crippen molar-refractivity contribution in [3.05, 3.63) is 30.3 Å². The number of hydrazone groups is 1. The van der Waals surface area contributed by atoms with Gasteiger partial charge in [-0.15, -0.1) is 0 Å². The van der Waals surface area contributed by atoms with Gasteiger partial charge in [0.05, 0.1) is 17.6 Å². The van der Waals surface area contributed by atoms with Gasteiger partial charge in [0.15, 0.2) is 0 Å². The molecule has 17 heavy (non-hydrogen) atoms. The van der Waals surface area contributed by atoms with Crippen LogP contribution in [0.15, 0.2) is 35.4 Å². The molecule has 0 aromatic heterocycles. The minimum atomic E-state index is -0.237. The van der Waals surface area contributed by atoms with Gasteiger partial charge in [0.25, 0.3) is 0 Å². The first-order chi connectivity index (χ1) is 8.08. The number of para-hydroxylation sites is 1. The van der Waals surface area contributed by atoms with E-state index >= 15 is 0 Å². The molecule has 1 fully saturated rings. The lowest BCUT2D eigenvalue weighted by Gasteiger charge is -2.26. The summed E-state index contributed by atoms with van der Waals surface area (Å²) in [7, 11) is 0. The predicted molar refractivity (Wildman–Crippen MR) is 67.2 cm³/mol. The number of carbonyl (C=O) groups excluding carboxylic acids is 1. The van der Waals surface area contributed by atoms with Gasteiger partial charge in [0.1, 0.15) is 6.34 Å². The van der Waals surface area contributed by atoms with Gasteiger partial charge >= 0.3 is 0 Å². The zero-order valence-corrected chi connectivity index (χ0v) is 9.97. The highest BCUT2D eigenvalue weighted by Crippen LogP contribution is 2.20. The number of benzene rings is 1. The van der Waals surface area contributed by atoms with E-state index < -0.39 is 0 Å². The highest BCUT2D eigenvalue weighted by atomic mass is 16.2. The van der Waals surface area contributed by atoms with E-state index in [1.165, 1.54) is 0 Å². The van der Waals surface area contributed by atoms with Crippen molar-refractivity contribution in [2.45, 2.75) is 25.8 Å². The Kier molecular flexibility index (Phi) is 2.99. The van der Waals surface area contributed by atoms with Crippen LogP contribution in [0.5, 0.6) is 0 Å². The van der Waals surface area contributed by atoms with E-state index in [-0.39, 0.29) is 11.4 Å². The summed E-state index contributed by atoms with van der Waals surface area (Å²) >= 11 is 0. The van der Waals surface area contributed by atoms with E-state index in [9.17, 15) is 4.79 Å². The SMILES string of the molecule is CC1(C)CC(=O)NN1/C=N/Nc1ccccc1. The Labute approximate surface area is 100 Å². The zero-order chi connectivity index (χ0) is 12.3. The minimum absolute atomic E-state index is 0.0150. The Hall–Kier alpha value is -2.04. The van der Waals surface area contributed by atoms with E-state index in [1.807, 2.05) is 44.2 Å². The van der Waals surface area contributed by atoms with E-state index in [1.54, 1.807) is 11.3 Å². The maximum Gasteiger partial charge on any atom is 0.240 e. The molecule has 1 amide bonds. The normalized spacial score (nSPS) is 18.5. The van der Waals surface area contributed by atoms with Gasteiger partial charge in [-0.1, -0.05) is 18.2 Å². The number of anilines is 1. The molecule has 1 saturated heterocycles. The fourth-order valence-corrected chi connectivity index (χ4v) is 1.66. The third-order valence-electron chi connectivity index (χ3n) is 2.63. The van der Waals surface area contributed by atoms with Crippen molar-refractivity contribution >= 4 is 17.9 Å². The molecule has 0 bridgehead atoms. The Balaban J connectivity index is 1.95. The smallest absolute Gasteiger partial charge is 0.240 e. The van der Waals surface area contributed by atoms with Crippen LogP contribution in [0.1, 0.15) is 20.3 Å². The maximum atomic E-state index is 11.3. The van der Waals surface area contributed by atoms with Crippen molar-refractivity contribution in [1.82, 2.24) is 10.4 Å². The number of nitrogens with zero attached hydrogens (tertiary/aromatic N) is 2. The average molecular weight is 232 g/mol. The van der Waals surface area contributed by atoms with Gasteiger partial charge in [-0.25, -0.2) is 0 Å². The number of nitrogens with one attached hydrogen (secondary N) is 2. The molecule has 0 unspecified atom stereocenters. The molecular weight excluding hydrogens is 216 g/mol. The van der Waals surface area contributed by atoms with Gasteiger partial charge < -0.3 is 0 Å². The highest BCUT2D eigenvalue weighted by Gasteiger charge is 2.35. The van der Waals surface area contributed by atoms with E-state index in [2.05, 4.69) is 16.0 Å². The summed E-state index contributed by atoms with van der Waals surface area (Å²) in [5.74, 6) is 0.0150. The molecule has 1 aromatic carbocycles. The van der Waals surface area contributed by atoms with Crippen LogP contribution in [-0.2, 0) is 4.79 Å². The number of hydrazine groups is 1. The molecule has 0 radical (unpaired) electrons. The van der Waals surface area contributed by atoms with Crippen LogP contribution in [0.3, 0.4) is 0 Å². The van der Waals surface area contributed by atoms with E-state index in [0.717, 1.165) is 5.69 Å². The summed E-state index contributed by atoms with van der Waals surface area (Å²) in [4.78, 5) is 11.3. The Bertz CT molecular complexity index is 427. The standard InChI is InChI=1S/C12H16N4O/c1-12(2)8-11(17)15-16(12)9-13-14-10-6-4-3-5-7-10/h3-7,9,14H,8H2,1-2H3,(H,15,17)/b13-9+. The van der Waals surface area contributed by atoms with Crippen molar-refractivity contribution in [3.63, 3.8) is 0 Å². The second-order valence-corrected chi connectivity index (χ2v) is 4.62. The topological polar surface area (TPSA) is 56.7 Å². The molecule has 0 atom stereocenters. The van der Waals surface area contributed by atoms with Gasteiger partial charge in [-0.3, -0.25) is 20.7 Å². The second-order valence-electron chi connectivity index (χ2n) is 4.62. The fraction of sp³-hybridized carbons (Fsp3) is 0.333. The number of hydrogen-bond donors (Lipinski definition) is 2. The number of hydrogen-bond acceptors (Lipinski definition) is 3. The molecule has 0 spiro atoms. The minimum Gasteiger partial charge on any atom is -0.277 e.